The molecule has 8 nitrogen and oxygen atoms in total. The molecule has 0 spiro atoms. The van der Waals surface area contributed by atoms with Crippen LogP contribution in [0.4, 0.5) is 0 Å². The van der Waals surface area contributed by atoms with Crippen molar-refractivity contribution in [3.63, 3.8) is 0 Å². The fraction of sp³-hybridized carbons (Fsp3) is 0.312. The van der Waals surface area contributed by atoms with Gasteiger partial charge in [-0.3, -0.25) is 14.2 Å². The normalized spacial score (nSPS) is 12.0. The molecule has 0 radical (unpaired) electrons. The van der Waals surface area contributed by atoms with Gasteiger partial charge in [0.25, 0.3) is 11.5 Å². The number of halogens is 1. The molecule has 214 valence electrons. The molecule has 9 heteroatoms. The Morgan fingerprint density at radius 2 is 1.71 bits per heavy atom. The number of benzene rings is 3. The number of ether oxygens (including phenoxy) is 1. The molecule has 0 fully saturated rings. The highest BCUT2D eigenvalue weighted by molar-refractivity contribution is 6.31. The number of hydrogen-bond acceptors (Lipinski definition) is 6. The fourth-order valence-electron chi connectivity index (χ4n) is 4.80. The molecule has 0 aliphatic heterocycles. The zero-order valence-corrected chi connectivity index (χ0v) is 24.6. The smallest absolute Gasteiger partial charge is 0.336 e. The van der Waals surface area contributed by atoms with Gasteiger partial charge in [-0.1, -0.05) is 60.1 Å². The van der Waals surface area contributed by atoms with Gasteiger partial charge in [-0.2, -0.15) is 0 Å². The summed E-state index contributed by atoms with van der Waals surface area (Å²) in [5.74, 6) is -0.875. The number of esters is 1. The van der Waals surface area contributed by atoms with Gasteiger partial charge in [0.1, 0.15) is 5.82 Å². The van der Waals surface area contributed by atoms with E-state index in [0.29, 0.717) is 34.5 Å². The molecule has 0 saturated carbocycles. The van der Waals surface area contributed by atoms with Gasteiger partial charge in [-0.15, -0.1) is 0 Å². The largest absolute Gasteiger partial charge is 0.464 e. The summed E-state index contributed by atoms with van der Waals surface area (Å²) in [6, 6.07) is 20.3. The molecule has 0 N–H and O–H groups in total. The van der Waals surface area contributed by atoms with Gasteiger partial charge < -0.3 is 14.5 Å². The van der Waals surface area contributed by atoms with Crippen LogP contribution in [-0.2, 0) is 16.1 Å². The molecule has 3 aromatic carbocycles. The zero-order chi connectivity index (χ0) is 29.5. The summed E-state index contributed by atoms with van der Waals surface area (Å²) < 4.78 is 7.01. The van der Waals surface area contributed by atoms with Crippen LogP contribution in [-0.4, -0.2) is 65.0 Å². The van der Waals surface area contributed by atoms with Crippen LogP contribution in [0.25, 0.3) is 10.9 Å². The van der Waals surface area contributed by atoms with Crippen LogP contribution in [0.2, 0.25) is 5.02 Å². The molecule has 41 heavy (non-hydrogen) atoms. The molecular formula is C32H35ClN4O4. The van der Waals surface area contributed by atoms with Crippen LogP contribution in [0.1, 0.15) is 46.7 Å². The first-order chi connectivity index (χ1) is 19.7. The van der Waals surface area contributed by atoms with Gasteiger partial charge in [0.15, 0.2) is 6.04 Å². The number of fused-ring (bicyclic) bond motifs is 1. The second-order valence-corrected chi connectivity index (χ2v) is 10.6. The third-order valence-corrected chi connectivity index (χ3v) is 7.07. The average molecular weight is 575 g/mol. The molecule has 1 aromatic heterocycles. The number of nitrogens with zero attached hydrogens (tertiary/aromatic N) is 4. The van der Waals surface area contributed by atoms with Crippen molar-refractivity contribution in [3.05, 3.63) is 111 Å². The average Bonchev–Trinajstić information content (AvgIpc) is 2.94. The van der Waals surface area contributed by atoms with Crippen molar-refractivity contribution >= 4 is 34.4 Å². The van der Waals surface area contributed by atoms with E-state index in [1.165, 1.54) is 9.47 Å². The Morgan fingerprint density at radius 3 is 2.39 bits per heavy atom. The Labute approximate surface area is 245 Å². The van der Waals surface area contributed by atoms with E-state index in [0.717, 1.165) is 11.1 Å². The number of carbonyl (C=O) groups is 2. The zero-order valence-electron chi connectivity index (χ0n) is 23.8. The Morgan fingerprint density at radius 1 is 1.00 bits per heavy atom. The first-order valence-corrected chi connectivity index (χ1v) is 14.0. The molecule has 4 aromatic rings. The molecule has 1 atom stereocenters. The highest BCUT2D eigenvalue weighted by atomic mass is 35.5. The van der Waals surface area contributed by atoms with Crippen molar-refractivity contribution in [1.82, 2.24) is 19.4 Å². The number of hydrogen-bond donors (Lipinski definition) is 0. The van der Waals surface area contributed by atoms with Crippen LogP contribution >= 0.6 is 11.6 Å². The Balaban J connectivity index is 1.97. The third kappa shape index (κ3) is 7.01. The highest BCUT2D eigenvalue weighted by Crippen LogP contribution is 2.27. The maximum atomic E-state index is 14.2. The molecule has 0 aliphatic carbocycles. The second-order valence-electron chi connectivity index (χ2n) is 10.1. The van der Waals surface area contributed by atoms with Crippen molar-refractivity contribution in [2.45, 2.75) is 32.9 Å². The molecule has 0 aliphatic rings. The van der Waals surface area contributed by atoms with E-state index in [1.54, 1.807) is 37.3 Å². The Bertz CT molecular complexity index is 1590. The topological polar surface area (TPSA) is 84.7 Å². The molecule has 1 unspecified atom stereocenters. The van der Waals surface area contributed by atoms with Crippen LogP contribution in [0, 0.1) is 6.92 Å². The van der Waals surface area contributed by atoms with E-state index in [1.807, 2.05) is 68.4 Å². The predicted octanol–water partition coefficient (Wildman–Crippen LogP) is 5.10. The standard InChI is InChI=1S/C32H35ClN4O4/c1-5-41-32(40)28(36(19-11-18-35(3)4)30(38)25-15-10-9-12-22(25)2)29-34-27-20-24(33)16-17-26(27)31(39)37(29)21-23-13-7-6-8-14-23/h6-10,12-17,20,28H,5,11,18-19,21H2,1-4H3. The lowest BCUT2D eigenvalue weighted by Gasteiger charge is -2.32. The maximum absolute atomic E-state index is 14.2. The first-order valence-electron chi connectivity index (χ1n) is 13.6. The van der Waals surface area contributed by atoms with Crippen molar-refractivity contribution in [2.75, 3.05) is 33.8 Å². The second kappa shape index (κ2) is 13.6. The van der Waals surface area contributed by atoms with Gasteiger partial charge in [0, 0.05) is 17.1 Å². The first kappa shape index (κ1) is 30.0. The van der Waals surface area contributed by atoms with E-state index in [4.69, 9.17) is 21.3 Å². The van der Waals surface area contributed by atoms with E-state index in [-0.39, 0.29) is 37.0 Å². The van der Waals surface area contributed by atoms with E-state index in [9.17, 15) is 14.4 Å². The van der Waals surface area contributed by atoms with Crippen molar-refractivity contribution in [2.24, 2.45) is 0 Å². The number of aryl methyl sites for hydroxylation is 1. The maximum Gasteiger partial charge on any atom is 0.336 e. The molecule has 0 saturated heterocycles. The fourth-order valence-corrected chi connectivity index (χ4v) is 4.97. The van der Waals surface area contributed by atoms with E-state index in [2.05, 4.69) is 0 Å². The quantitative estimate of drug-likeness (QED) is 0.232. The lowest BCUT2D eigenvalue weighted by molar-refractivity contribution is -0.149. The Hall–Kier alpha value is -4.01. The third-order valence-electron chi connectivity index (χ3n) is 6.84. The number of amides is 1. The molecule has 1 amide bonds. The SMILES string of the molecule is CCOC(=O)C(c1nc2cc(Cl)ccc2c(=O)n1Cc1ccccc1)N(CCCN(C)C)C(=O)c1ccccc1C. The summed E-state index contributed by atoms with van der Waals surface area (Å²) in [6.07, 6.45) is 0.586. The molecule has 1 heterocycles. The molecular weight excluding hydrogens is 540 g/mol. The van der Waals surface area contributed by atoms with Gasteiger partial charge in [-0.05, 0) is 76.3 Å². The minimum absolute atomic E-state index is 0.0990. The number of carbonyl (C=O) groups excluding carboxylic acids is 2. The van der Waals surface area contributed by atoms with Crippen LogP contribution in [0.15, 0.2) is 77.6 Å². The summed E-state index contributed by atoms with van der Waals surface area (Å²) in [5.41, 5.74) is 2.09. The lowest BCUT2D eigenvalue weighted by Crippen LogP contribution is -2.44. The minimum Gasteiger partial charge on any atom is -0.464 e. The van der Waals surface area contributed by atoms with Crippen molar-refractivity contribution in [1.29, 1.82) is 0 Å². The van der Waals surface area contributed by atoms with Gasteiger partial charge in [0.05, 0.1) is 24.1 Å². The molecule has 4 rings (SSSR count). The van der Waals surface area contributed by atoms with E-state index < -0.39 is 12.0 Å². The summed E-state index contributed by atoms with van der Waals surface area (Å²) in [5, 5.41) is 0.767. The molecule has 0 bridgehead atoms. The monoisotopic (exact) mass is 574 g/mol. The van der Waals surface area contributed by atoms with Crippen LogP contribution in [0.5, 0.6) is 0 Å². The van der Waals surface area contributed by atoms with Crippen LogP contribution in [0.3, 0.4) is 0 Å². The predicted molar refractivity (Wildman–Crippen MR) is 161 cm³/mol. The van der Waals surface area contributed by atoms with Gasteiger partial charge in [-0.25, -0.2) is 9.78 Å². The van der Waals surface area contributed by atoms with Gasteiger partial charge >= 0.3 is 5.97 Å². The summed E-state index contributed by atoms with van der Waals surface area (Å²) in [7, 11) is 3.89. The highest BCUT2D eigenvalue weighted by Gasteiger charge is 2.37. The van der Waals surface area contributed by atoms with Crippen molar-refractivity contribution in [3.8, 4) is 0 Å². The van der Waals surface area contributed by atoms with Gasteiger partial charge in [0.2, 0.25) is 0 Å². The van der Waals surface area contributed by atoms with Crippen molar-refractivity contribution < 1.29 is 14.3 Å². The Kier molecular flexibility index (Phi) is 9.91. The van der Waals surface area contributed by atoms with Crippen LogP contribution < -0.4 is 5.56 Å². The van der Waals surface area contributed by atoms with E-state index >= 15 is 0 Å². The lowest BCUT2D eigenvalue weighted by atomic mass is 10.1. The number of rotatable bonds is 11. The summed E-state index contributed by atoms with van der Waals surface area (Å²) >= 11 is 6.28. The summed E-state index contributed by atoms with van der Waals surface area (Å²) in [6.45, 7) is 4.74. The summed E-state index contributed by atoms with van der Waals surface area (Å²) in [4.78, 5) is 50.3. The minimum atomic E-state index is -1.27. The number of aromatic nitrogens is 2.